The van der Waals surface area contributed by atoms with E-state index in [0.29, 0.717) is 6.61 Å². The van der Waals surface area contributed by atoms with Crippen molar-refractivity contribution in [1.29, 1.82) is 0 Å². The lowest BCUT2D eigenvalue weighted by molar-refractivity contribution is -0.00805. The normalized spacial score (nSPS) is 17.2. The number of benzene rings is 2. The number of nitrogens with one attached hydrogen (secondary N) is 1. The van der Waals surface area contributed by atoms with Crippen LogP contribution in [-0.4, -0.2) is 47.4 Å². The summed E-state index contributed by atoms with van der Waals surface area (Å²) in [5.74, 6) is 0.898. The monoisotopic (exact) mass is 421 g/mol. The summed E-state index contributed by atoms with van der Waals surface area (Å²) in [5, 5.41) is 7.76. The molecule has 2 aromatic carbocycles. The highest BCUT2D eigenvalue weighted by atomic mass is 32.2. The van der Waals surface area contributed by atoms with Gasteiger partial charge in [-0.1, -0.05) is 42.1 Å². The third-order valence-corrected chi connectivity index (χ3v) is 6.04. The zero-order chi connectivity index (χ0) is 20.8. The number of ether oxygens (including phenoxy) is 1. The molecule has 1 N–H and O–H groups in total. The molecule has 0 spiro atoms. The molecule has 4 rings (SSSR count). The van der Waals surface area contributed by atoms with Crippen molar-refractivity contribution >= 4 is 17.7 Å². The number of morpholine rings is 1. The minimum atomic E-state index is 0.0142. The summed E-state index contributed by atoms with van der Waals surface area (Å²) < 4.78 is 7.76. The summed E-state index contributed by atoms with van der Waals surface area (Å²) in [6.45, 7) is 2.99. The maximum absolute atomic E-state index is 5.95. The van der Waals surface area contributed by atoms with E-state index in [2.05, 4.69) is 68.8 Å². The van der Waals surface area contributed by atoms with Crippen molar-refractivity contribution in [2.75, 3.05) is 26.7 Å². The standard InChI is InChI=1S/C23H27N5OS/c1-24-23(28-12-13-29-22(17-28)19-15-26-27(2)16-19)25-14-18-8-10-21(11-9-18)30-20-6-4-3-5-7-20/h3-11,15-16,22H,12-14,17H2,1-2H3,(H,24,25). The summed E-state index contributed by atoms with van der Waals surface area (Å²) in [6.07, 6.45) is 3.90. The molecule has 1 unspecified atom stereocenters. The van der Waals surface area contributed by atoms with Crippen molar-refractivity contribution in [3.8, 4) is 0 Å². The topological polar surface area (TPSA) is 54.7 Å². The Morgan fingerprint density at radius 3 is 2.63 bits per heavy atom. The van der Waals surface area contributed by atoms with Crippen LogP contribution in [0.2, 0.25) is 0 Å². The minimum absolute atomic E-state index is 0.0142. The van der Waals surface area contributed by atoms with E-state index < -0.39 is 0 Å². The van der Waals surface area contributed by atoms with Gasteiger partial charge in [-0.05, 0) is 29.8 Å². The average Bonchev–Trinajstić information content (AvgIpc) is 3.23. The molecule has 1 fully saturated rings. The van der Waals surface area contributed by atoms with Crippen molar-refractivity contribution in [1.82, 2.24) is 20.0 Å². The van der Waals surface area contributed by atoms with E-state index in [4.69, 9.17) is 4.74 Å². The zero-order valence-corrected chi connectivity index (χ0v) is 18.2. The molecule has 0 radical (unpaired) electrons. The van der Waals surface area contributed by atoms with E-state index in [1.165, 1.54) is 15.4 Å². The van der Waals surface area contributed by atoms with Gasteiger partial charge in [-0.2, -0.15) is 5.10 Å². The first-order valence-electron chi connectivity index (χ1n) is 10.1. The van der Waals surface area contributed by atoms with Crippen LogP contribution >= 0.6 is 11.8 Å². The number of rotatable bonds is 5. The summed E-state index contributed by atoms with van der Waals surface area (Å²) in [7, 11) is 3.75. The van der Waals surface area contributed by atoms with Gasteiger partial charge in [0.1, 0.15) is 6.10 Å². The highest BCUT2D eigenvalue weighted by molar-refractivity contribution is 7.99. The lowest BCUT2D eigenvalue weighted by atomic mass is 10.1. The Kier molecular flexibility index (Phi) is 6.71. The summed E-state index contributed by atoms with van der Waals surface area (Å²) in [4.78, 5) is 9.22. The van der Waals surface area contributed by atoms with Crippen molar-refractivity contribution in [3.63, 3.8) is 0 Å². The number of aryl methyl sites for hydroxylation is 1. The molecule has 6 nitrogen and oxygen atoms in total. The molecule has 0 bridgehead atoms. The molecular formula is C23H27N5OS. The number of aliphatic imine (C=N–C) groups is 1. The summed E-state index contributed by atoms with van der Waals surface area (Å²) >= 11 is 1.77. The molecule has 1 atom stereocenters. The van der Waals surface area contributed by atoms with Gasteiger partial charge < -0.3 is 15.0 Å². The third-order valence-electron chi connectivity index (χ3n) is 5.03. The molecule has 30 heavy (non-hydrogen) atoms. The van der Waals surface area contributed by atoms with Gasteiger partial charge in [0.15, 0.2) is 5.96 Å². The number of guanidine groups is 1. The van der Waals surface area contributed by atoms with Crippen LogP contribution < -0.4 is 5.32 Å². The van der Waals surface area contributed by atoms with Crippen LogP contribution in [0.25, 0.3) is 0 Å². The zero-order valence-electron chi connectivity index (χ0n) is 17.4. The lowest BCUT2D eigenvalue weighted by Crippen LogP contribution is -2.47. The Labute approximate surface area is 182 Å². The first kappa shape index (κ1) is 20.5. The van der Waals surface area contributed by atoms with Crippen molar-refractivity contribution in [3.05, 3.63) is 78.1 Å². The van der Waals surface area contributed by atoms with Crippen molar-refractivity contribution in [2.45, 2.75) is 22.4 Å². The van der Waals surface area contributed by atoms with Gasteiger partial charge in [-0.25, -0.2) is 0 Å². The van der Waals surface area contributed by atoms with Crippen molar-refractivity contribution < 1.29 is 4.74 Å². The molecule has 1 saturated heterocycles. The SMILES string of the molecule is CN=C(NCc1ccc(Sc2ccccc2)cc1)N1CCOC(c2cnn(C)c2)C1. The molecule has 0 amide bonds. The van der Waals surface area contributed by atoms with Crippen LogP contribution in [0, 0.1) is 0 Å². The second-order valence-corrected chi connectivity index (χ2v) is 8.36. The van der Waals surface area contributed by atoms with E-state index in [1.54, 1.807) is 11.8 Å². The molecule has 0 aliphatic carbocycles. The lowest BCUT2D eigenvalue weighted by Gasteiger charge is -2.34. The Hall–Kier alpha value is -2.77. The largest absolute Gasteiger partial charge is 0.370 e. The highest BCUT2D eigenvalue weighted by Crippen LogP contribution is 2.27. The van der Waals surface area contributed by atoms with E-state index in [9.17, 15) is 0 Å². The predicted molar refractivity (Wildman–Crippen MR) is 121 cm³/mol. The predicted octanol–water partition coefficient (Wildman–Crippen LogP) is 3.72. The van der Waals surface area contributed by atoms with Crippen LogP contribution in [0.3, 0.4) is 0 Å². The Balaban J connectivity index is 1.33. The molecule has 156 valence electrons. The Bertz CT molecular complexity index is 971. The molecule has 2 heterocycles. The van der Waals surface area contributed by atoms with E-state index in [0.717, 1.165) is 31.2 Å². The Morgan fingerprint density at radius 1 is 1.17 bits per heavy atom. The second-order valence-electron chi connectivity index (χ2n) is 7.21. The fraction of sp³-hybridized carbons (Fsp3) is 0.304. The molecule has 0 saturated carbocycles. The van der Waals surface area contributed by atoms with Gasteiger partial charge >= 0.3 is 0 Å². The van der Waals surface area contributed by atoms with Crippen LogP contribution in [0.1, 0.15) is 17.2 Å². The fourth-order valence-electron chi connectivity index (χ4n) is 3.46. The number of nitrogens with zero attached hydrogens (tertiary/aromatic N) is 4. The van der Waals surface area contributed by atoms with E-state index >= 15 is 0 Å². The molecule has 7 heteroatoms. The van der Waals surface area contributed by atoms with E-state index in [1.807, 2.05) is 37.2 Å². The van der Waals surface area contributed by atoms with Crippen LogP contribution in [-0.2, 0) is 18.3 Å². The number of hydrogen-bond acceptors (Lipinski definition) is 4. The van der Waals surface area contributed by atoms with Crippen LogP contribution in [0.5, 0.6) is 0 Å². The summed E-state index contributed by atoms with van der Waals surface area (Å²) in [5.41, 5.74) is 2.33. The van der Waals surface area contributed by atoms with Gasteiger partial charge in [-0.3, -0.25) is 9.67 Å². The quantitative estimate of drug-likeness (QED) is 0.503. The maximum atomic E-state index is 5.95. The van der Waals surface area contributed by atoms with Gasteiger partial charge in [-0.15, -0.1) is 0 Å². The average molecular weight is 422 g/mol. The molecule has 1 aromatic heterocycles. The van der Waals surface area contributed by atoms with Gasteiger partial charge in [0.2, 0.25) is 0 Å². The number of aromatic nitrogens is 2. The summed E-state index contributed by atoms with van der Waals surface area (Å²) in [6, 6.07) is 19.1. The molecule has 1 aliphatic rings. The highest BCUT2D eigenvalue weighted by Gasteiger charge is 2.25. The maximum Gasteiger partial charge on any atom is 0.194 e. The van der Waals surface area contributed by atoms with Gasteiger partial charge in [0.25, 0.3) is 0 Å². The van der Waals surface area contributed by atoms with Crippen LogP contribution in [0.15, 0.2) is 81.8 Å². The first-order valence-corrected chi connectivity index (χ1v) is 10.9. The first-order chi connectivity index (χ1) is 14.7. The van der Waals surface area contributed by atoms with E-state index in [-0.39, 0.29) is 6.10 Å². The van der Waals surface area contributed by atoms with Crippen LogP contribution in [0.4, 0.5) is 0 Å². The molecule has 1 aliphatic heterocycles. The fourth-order valence-corrected chi connectivity index (χ4v) is 4.30. The third kappa shape index (κ3) is 5.23. The number of hydrogen-bond donors (Lipinski definition) is 1. The minimum Gasteiger partial charge on any atom is -0.370 e. The van der Waals surface area contributed by atoms with Gasteiger partial charge in [0.05, 0.1) is 19.3 Å². The van der Waals surface area contributed by atoms with Crippen molar-refractivity contribution in [2.24, 2.45) is 12.0 Å². The molecule has 3 aromatic rings. The Morgan fingerprint density at radius 2 is 1.93 bits per heavy atom. The smallest absolute Gasteiger partial charge is 0.194 e. The van der Waals surface area contributed by atoms with Gasteiger partial charge in [0, 0.05) is 48.7 Å². The second kappa shape index (κ2) is 9.82. The molecular weight excluding hydrogens is 394 g/mol.